The van der Waals surface area contributed by atoms with Crippen LogP contribution in [-0.2, 0) is 19.6 Å². The van der Waals surface area contributed by atoms with Crippen molar-refractivity contribution in [3.8, 4) is 11.5 Å². The molecule has 0 aromatic heterocycles. The summed E-state index contributed by atoms with van der Waals surface area (Å²) in [7, 11) is 1.43. The van der Waals surface area contributed by atoms with Gasteiger partial charge in [-0.05, 0) is 60.7 Å². The molecule has 1 N–H and O–H groups in total. The van der Waals surface area contributed by atoms with E-state index in [0.717, 1.165) is 18.0 Å². The number of hydrogen-bond acceptors (Lipinski definition) is 4. The molecule has 29 heavy (non-hydrogen) atoms. The Hall–Kier alpha value is -2.18. The molecule has 2 aromatic carbocycles. The lowest BCUT2D eigenvalue weighted by Crippen LogP contribution is -2.32. The standard InChI is InChI=1S/C23H30F2N2O2/c1-17-9-11-27(12-10-17)16-19-5-3-18(4-6-19)14-26-15-20-7-8-21(28-2)22(13-20)29-23(24)25/h3-8,13,17,23,26H,9-12,14-16H2,1-2H3. The highest BCUT2D eigenvalue weighted by Crippen LogP contribution is 2.29. The minimum Gasteiger partial charge on any atom is -0.493 e. The molecule has 0 radical (unpaired) electrons. The van der Waals surface area contributed by atoms with Gasteiger partial charge in [-0.3, -0.25) is 4.90 Å². The van der Waals surface area contributed by atoms with Crippen molar-refractivity contribution in [2.75, 3.05) is 20.2 Å². The van der Waals surface area contributed by atoms with Gasteiger partial charge in [0.15, 0.2) is 11.5 Å². The number of nitrogens with one attached hydrogen (secondary N) is 1. The van der Waals surface area contributed by atoms with Crippen molar-refractivity contribution in [3.05, 3.63) is 59.2 Å². The Bertz CT molecular complexity index is 760. The highest BCUT2D eigenvalue weighted by Gasteiger charge is 2.15. The summed E-state index contributed by atoms with van der Waals surface area (Å²) >= 11 is 0. The Labute approximate surface area is 171 Å². The molecule has 158 valence electrons. The molecule has 2 aromatic rings. The second-order valence-corrected chi connectivity index (χ2v) is 7.74. The summed E-state index contributed by atoms with van der Waals surface area (Å²) in [5.74, 6) is 1.20. The molecule has 0 spiro atoms. The summed E-state index contributed by atoms with van der Waals surface area (Å²) in [6.07, 6.45) is 2.58. The van der Waals surface area contributed by atoms with Crippen molar-refractivity contribution in [2.45, 2.75) is 46.0 Å². The van der Waals surface area contributed by atoms with Crippen LogP contribution in [0.15, 0.2) is 42.5 Å². The van der Waals surface area contributed by atoms with Crippen LogP contribution in [-0.4, -0.2) is 31.7 Å². The number of ether oxygens (including phenoxy) is 2. The van der Waals surface area contributed by atoms with Crippen LogP contribution in [0.3, 0.4) is 0 Å². The topological polar surface area (TPSA) is 33.7 Å². The van der Waals surface area contributed by atoms with Crippen LogP contribution in [0.5, 0.6) is 11.5 Å². The molecular weight excluding hydrogens is 374 g/mol. The first-order chi connectivity index (χ1) is 14.0. The predicted octanol–water partition coefficient (Wildman–Crippen LogP) is 4.82. The number of halogens is 2. The van der Waals surface area contributed by atoms with E-state index in [2.05, 4.69) is 46.1 Å². The van der Waals surface area contributed by atoms with Crippen LogP contribution < -0.4 is 14.8 Å². The molecule has 1 saturated heterocycles. The van der Waals surface area contributed by atoms with Gasteiger partial charge in [-0.1, -0.05) is 37.3 Å². The number of methoxy groups -OCH3 is 1. The van der Waals surface area contributed by atoms with Crippen LogP contribution in [0.2, 0.25) is 0 Å². The van der Waals surface area contributed by atoms with Crippen molar-refractivity contribution in [2.24, 2.45) is 5.92 Å². The molecule has 1 fully saturated rings. The Morgan fingerprint density at radius 3 is 2.24 bits per heavy atom. The Balaban J connectivity index is 1.48. The van der Waals surface area contributed by atoms with Crippen LogP contribution in [0.1, 0.15) is 36.5 Å². The molecule has 0 amide bonds. The van der Waals surface area contributed by atoms with Gasteiger partial charge in [-0.2, -0.15) is 8.78 Å². The first kappa shape index (κ1) is 21.5. The van der Waals surface area contributed by atoms with Gasteiger partial charge in [0.2, 0.25) is 0 Å². The number of rotatable bonds is 9. The second kappa shape index (κ2) is 10.6. The fourth-order valence-corrected chi connectivity index (χ4v) is 3.61. The molecule has 6 heteroatoms. The maximum Gasteiger partial charge on any atom is 0.387 e. The smallest absolute Gasteiger partial charge is 0.387 e. The molecule has 0 bridgehead atoms. The summed E-state index contributed by atoms with van der Waals surface area (Å²) in [5, 5.41) is 3.35. The molecule has 0 saturated carbocycles. The van der Waals surface area contributed by atoms with Gasteiger partial charge < -0.3 is 14.8 Å². The summed E-state index contributed by atoms with van der Waals surface area (Å²) in [4.78, 5) is 2.52. The van der Waals surface area contributed by atoms with E-state index < -0.39 is 6.61 Å². The van der Waals surface area contributed by atoms with Gasteiger partial charge in [0.05, 0.1) is 7.11 Å². The van der Waals surface area contributed by atoms with Crippen molar-refractivity contribution < 1.29 is 18.3 Å². The minimum atomic E-state index is -2.88. The van der Waals surface area contributed by atoms with E-state index in [1.165, 1.54) is 44.2 Å². The summed E-state index contributed by atoms with van der Waals surface area (Å²) in [6.45, 7) is 4.10. The van der Waals surface area contributed by atoms with E-state index in [1.54, 1.807) is 12.1 Å². The van der Waals surface area contributed by atoms with Gasteiger partial charge >= 0.3 is 6.61 Å². The first-order valence-corrected chi connectivity index (χ1v) is 10.2. The highest BCUT2D eigenvalue weighted by atomic mass is 19.3. The Kier molecular flexibility index (Phi) is 7.83. The zero-order valence-corrected chi connectivity index (χ0v) is 17.2. The monoisotopic (exact) mass is 404 g/mol. The largest absolute Gasteiger partial charge is 0.493 e. The van der Waals surface area contributed by atoms with Crippen LogP contribution in [0.25, 0.3) is 0 Å². The number of piperidine rings is 1. The van der Waals surface area contributed by atoms with Gasteiger partial charge in [-0.15, -0.1) is 0 Å². The lowest BCUT2D eigenvalue weighted by Gasteiger charge is -2.30. The van der Waals surface area contributed by atoms with Gasteiger partial charge in [-0.25, -0.2) is 0 Å². The van der Waals surface area contributed by atoms with E-state index in [-0.39, 0.29) is 5.75 Å². The quantitative estimate of drug-likeness (QED) is 0.650. The molecule has 0 atom stereocenters. The van der Waals surface area contributed by atoms with E-state index in [4.69, 9.17) is 4.74 Å². The fourth-order valence-electron chi connectivity index (χ4n) is 3.61. The number of nitrogens with zero attached hydrogens (tertiary/aromatic N) is 1. The Morgan fingerprint density at radius 2 is 1.59 bits per heavy atom. The number of alkyl halides is 2. The molecular formula is C23H30F2N2O2. The van der Waals surface area contributed by atoms with Gasteiger partial charge in [0, 0.05) is 19.6 Å². The number of benzene rings is 2. The zero-order chi connectivity index (χ0) is 20.6. The van der Waals surface area contributed by atoms with Crippen LogP contribution in [0, 0.1) is 5.92 Å². The third-order valence-corrected chi connectivity index (χ3v) is 5.41. The third-order valence-electron chi connectivity index (χ3n) is 5.41. The van der Waals surface area contributed by atoms with E-state index in [9.17, 15) is 8.78 Å². The van der Waals surface area contributed by atoms with E-state index in [0.29, 0.717) is 18.8 Å². The molecule has 1 aliphatic heterocycles. The number of likely N-dealkylation sites (tertiary alicyclic amines) is 1. The summed E-state index contributed by atoms with van der Waals surface area (Å²) in [5.41, 5.74) is 3.39. The van der Waals surface area contributed by atoms with Gasteiger partial charge in [0.25, 0.3) is 0 Å². The maximum absolute atomic E-state index is 12.5. The molecule has 1 heterocycles. The zero-order valence-electron chi connectivity index (χ0n) is 17.2. The summed E-state index contributed by atoms with van der Waals surface area (Å²) in [6, 6.07) is 13.7. The van der Waals surface area contributed by atoms with Crippen LogP contribution >= 0.6 is 0 Å². The van der Waals surface area contributed by atoms with Crippen molar-refractivity contribution >= 4 is 0 Å². The fraction of sp³-hybridized carbons (Fsp3) is 0.478. The average Bonchev–Trinajstić information content (AvgIpc) is 2.71. The molecule has 3 rings (SSSR count). The SMILES string of the molecule is COc1ccc(CNCc2ccc(CN3CCC(C)CC3)cc2)cc1OC(F)F. The van der Waals surface area contributed by atoms with Gasteiger partial charge in [0.1, 0.15) is 0 Å². The first-order valence-electron chi connectivity index (χ1n) is 10.2. The lowest BCUT2D eigenvalue weighted by molar-refractivity contribution is -0.0512. The van der Waals surface area contributed by atoms with E-state index >= 15 is 0 Å². The van der Waals surface area contributed by atoms with E-state index in [1.807, 2.05) is 6.07 Å². The normalized spacial score (nSPS) is 15.6. The highest BCUT2D eigenvalue weighted by molar-refractivity contribution is 5.43. The average molecular weight is 405 g/mol. The predicted molar refractivity (Wildman–Crippen MR) is 110 cm³/mol. The molecule has 4 nitrogen and oxygen atoms in total. The Morgan fingerprint density at radius 1 is 0.966 bits per heavy atom. The van der Waals surface area contributed by atoms with Crippen LogP contribution in [0.4, 0.5) is 8.78 Å². The minimum absolute atomic E-state index is 0.0539. The van der Waals surface area contributed by atoms with Crippen molar-refractivity contribution in [1.82, 2.24) is 10.2 Å². The maximum atomic E-state index is 12.5. The third kappa shape index (κ3) is 6.68. The molecule has 1 aliphatic rings. The number of hydrogen-bond donors (Lipinski definition) is 1. The lowest BCUT2D eigenvalue weighted by atomic mass is 9.99. The second-order valence-electron chi connectivity index (χ2n) is 7.74. The summed E-state index contributed by atoms with van der Waals surface area (Å²) < 4.78 is 34.7. The molecule has 0 aliphatic carbocycles. The van der Waals surface area contributed by atoms with Crippen molar-refractivity contribution in [1.29, 1.82) is 0 Å². The molecule has 0 unspecified atom stereocenters. The van der Waals surface area contributed by atoms with Crippen molar-refractivity contribution in [3.63, 3.8) is 0 Å².